The molecular formula is C20H16Cl2FN3O4S2. The molecule has 7 nitrogen and oxygen atoms in total. The van der Waals surface area contributed by atoms with Crippen molar-refractivity contribution in [1.29, 1.82) is 0 Å². The molecule has 2 heterocycles. The minimum atomic E-state index is -3.85. The molecule has 1 unspecified atom stereocenters. The summed E-state index contributed by atoms with van der Waals surface area (Å²) in [6.45, 7) is 0.550. The van der Waals surface area contributed by atoms with Gasteiger partial charge < -0.3 is 10.4 Å². The van der Waals surface area contributed by atoms with Gasteiger partial charge in [-0.2, -0.15) is 11.8 Å². The first-order valence-electron chi connectivity index (χ1n) is 9.31. The third-order valence-electron chi connectivity index (χ3n) is 4.86. The number of halogens is 3. The van der Waals surface area contributed by atoms with E-state index in [-0.39, 0.29) is 27.0 Å². The highest BCUT2D eigenvalue weighted by Crippen LogP contribution is 2.34. The molecule has 1 saturated heterocycles. The SMILES string of the molecule is O=C(O)c1cc(Cl)c(F)cc1Nc1cc(S(=O)(=O)C2CSCCN2)nc2ccc(Cl)cc12. The van der Waals surface area contributed by atoms with E-state index in [4.69, 9.17) is 23.2 Å². The Labute approximate surface area is 197 Å². The maximum absolute atomic E-state index is 14.1. The Kier molecular flexibility index (Phi) is 6.51. The van der Waals surface area contributed by atoms with Crippen LogP contribution in [0.5, 0.6) is 0 Å². The zero-order valence-corrected chi connectivity index (χ0v) is 19.4. The van der Waals surface area contributed by atoms with E-state index < -0.39 is 27.0 Å². The van der Waals surface area contributed by atoms with Crippen molar-refractivity contribution in [1.82, 2.24) is 10.3 Å². The Hall–Kier alpha value is -2.11. The zero-order chi connectivity index (χ0) is 23.0. The lowest BCUT2D eigenvalue weighted by molar-refractivity contribution is 0.0698. The number of thioether (sulfide) groups is 1. The van der Waals surface area contributed by atoms with Crippen LogP contribution in [0, 0.1) is 5.82 Å². The van der Waals surface area contributed by atoms with Crippen LogP contribution in [-0.4, -0.2) is 47.9 Å². The molecule has 2 aromatic carbocycles. The first-order valence-corrected chi connectivity index (χ1v) is 12.8. The number of aromatic nitrogens is 1. The quantitative estimate of drug-likeness (QED) is 0.453. The van der Waals surface area contributed by atoms with Crippen molar-refractivity contribution in [2.75, 3.05) is 23.4 Å². The molecular weight excluding hydrogens is 500 g/mol. The molecule has 3 N–H and O–H groups in total. The number of aromatic carboxylic acids is 1. The van der Waals surface area contributed by atoms with E-state index in [1.165, 1.54) is 17.8 Å². The fraction of sp³-hybridized carbons (Fsp3) is 0.200. The molecule has 4 rings (SSSR count). The molecule has 1 aliphatic heterocycles. The second-order valence-corrected chi connectivity index (χ2v) is 11.0. The fourth-order valence-corrected chi connectivity index (χ4v) is 6.52. The van der Waals surface area contributed by atoms with Gasteiger partial charge in [0.15, 0.2) is 5.03 Å². The molecule has 1 atom stereocenters. The number of anilines is 2. The van der Waals surface area contributed by atoms with Crippen LogP contribution in [0.4, 0.5) is 15.8 Å². The van der Waals surface area contributed by atoms with Crippen molar-refractivity contribution < 1.29 is 22.7 Å². The summed E-state index contributed by atoms with van der Waals surface area (Å²) in [6.07, 6.45) is 0. The summed E-state index contributed by atoms with van der Waals surface area (Å²) < 4.78 is 40.5. The van der Waals surface area contributed by atoms with E-state index in [2.05, 4.69) is 15.6 Å². The van der Waals surface area contributed by atoms with Gasteiger partial charge in [-0.05, 0) is 36.4 Å². The molecule has 0 amide bonds. The van der Waals surface area contributed by atoms with Crippen LogP contribution in [0.1, 0.15) is 10.4 Å². The number of hydrogen-bond acceptors (Lipinski definition) is 7. The van der Waals surface area contributed by atoms with Crippen LogP contribution in [0.25, 0.3) is 10.9 Å². The van der Waals surface area contributed by atoms with E-state index in [1.807, 2.05) is 0 Å². The van der Waals surface area contributed by atoms with Gasteiger partial charge in [-0.3, -0.25) is 5.32 Å². The molecule has 3 aromatic rings. The fourth-order valence-electron chi connectivity index (χ4n) is 3.28. The first kappa shape index (κ1) is 23.1. The number of fused-ring (bicyclic) bond motifs is 1. The lowest BCUT2D eigenvalue weighted by Gasteiger charge is -2.23. The van der Waals surface area contributed by atoms with E-state index in [0.717, 1.165) is 17.9 Å². The molecule has 0 saturated carbocycles. The molecule has 0 spiro atoms. The maximum atomic E-state index is 14.1. The van der Waals surface area contributed by atoms with Crippen molar-refractivity contribution in [2.24, 2.45) is 0 Å². The highest BCUT2D eigenvalue weighted by atomic mass is 35.5. The Bertz CT molecular complexity index is 1330. The summed E-state index contributed by atoms with van der Waals surface area (Å²) in [4.78, 5) is 16.0. The molecule has 12 heteroatoms. The van der Waals surface area contributed by atoms with Crippen molar-refractivity contribution in [3.05, 3.63) is 57.8 Å². The van der Waals surface area contributed by atoms with Gasteiger partial charge >= 0.3 is 5.97 Å². The second-order valence-electron chi connectivity index (χ2n) is 6.97. The summed E-state index contributed by atoms with van der Waals surface area (Å²) in [7, 11) is -3.85. The number of carboxylic acids is 1. The summed E-state index contributed by atoms with van der Waals surface area (Å²) >= 11 is 13.4. The van der Waals surface area contributed by atoms with Gasteiger partial charge in [-0.1, -0.05) is 23.2 Å². The number of pyridine rings is 1. The number of carbonyl (C=O) groups is 1. The van der Waals surface area contributed by atoms with Crippen LogP contribution in [-0.2, 0) is 9.84 Å². The van der Waals surface area contributed by atoms with E-state index in [0.29, 0.717) is 28.2 Å². The van der Waals surface area contributed by atoms with Crippen LogP contribution in [0.2, 0.25) is 10.0 Å². The predicted molar refractivity (Wildman–Crippen MR) is 125 cm³/mol. The minimum Gasteiger partial charge on any atom is -0.478 e. The summed E-state index contributed by atoms with van der Waals surface area (Å²) in [5, 5.41) is 14.8. The van der Waals surface area contributed by atoms with Gasteiger partial charge in [-0.15, -0.1) is 0 Å². The van der Waals surface area contributed by atoms with Crippen LogP contribution in [0.15, 0.2) is 41.4 Å². The monoisotopic (exact) mass is 515 g/mol. The Morgan fingerprint density at radius 2 is 2.00 bits per heavy atom. The second kappa shape index (κ2) is 9.03. The number of carboxylic acid groups (broad SMARTS) is 1. The summed E-state index contributed by atoms with van der Waals surface area (Å²) in [5.74, 6) is -0.978. The van der Waals surface area contributed by atoms with Crippen molar-refractivity contribution in [2.45, 2.75) is 10.4 Å². The number of hydrogen-bond donors (Lipinski definition) is 3. The van der Waals surface area contributed by atoms with Crippen LogP contribution in [0.3, 0.4) is 0 Å². The number of sulfone groups is 1. The normalized spacial score (nSPS) is 16.8. The molecule has 0 aliphatic carbocycles. The van der Waals surface area contributed by atoms with Crippen LogP contribution >= 0.6 is 35.0 Å². The van der Waals surface area contributed by atoms with Gasteiger partial charge in [-0.25, -0.2) is 22.6 Å². The lowest BCUT2D eigenvalue weighted by Crippen LogP contribution is -2.43. The molecule has 168 valence electrons. The lowest BCUT2D eigenvalue weighted by atomic mass is 10.1. The van der Waals surface area contributed by atoms with E-state index in [9.17, 15) is 22.7 Å². The van der Waals surface area contributed by atoms with Crippen molar-refractivity contribution in [3.8, 4) is 0 Å². The number of rotatable bonds is 5. The predicted octanol–water partition coefficient (Wildman–Crippen LogP) is 4.56. The first-order chi connectivity index (χ1) is 15.2. The Morgan fingerprint density at radius 3 is 2.69 bits per heavy atom. The highest BCUT2D eigenvalue weighted by molar-refractivity contribution is 8.01. The average molecular weight is 516 g/mol. The number of nitrogens with one attached hydrogen (secondary N) is 2. The van der Waals surface area contributed by atoms with Gasteiger partial charge in [0.1, 0.15) is 11.2 Å². The third-order valence-corrected chi connectivity index (χ3v) is 8.53. The number of nitrogens with zero attached hydrogens (tertiary/aromatic N) is 1. The van der Waals surface area contributed by atoms with Gasteiger partial charge in [0, 0.05) is 28.5 Å². The molecule has 0 bridgehead atoms. The topological polar surface area (TPSA) is 108 Å². The van der Waals surface area contributed by atoms with Crippen molar-refractivity contribution in [3.63, 3.8) is 0 Å². The molecule has 1 aromatic heterocycles. The van der Waals surface area contributed by atoms with Gasteiger partial charge in [0.05, 0.1) is 27.5 Å². The molecule has 32 heavy (non-hydrogen) atoms. The molecule has 1 fully saturated rings. The standard InChI is InChI=1S/C20H16Cl2FN3O4S2/c21-10-1-2-15-11(5-10)17(25-16-7-14(23)13(22)6-12(16)20(27)28)8-18(26-15)32(29,30)19-9-31-4-3-24-19/h1-2,5-8,19,24H,3-4,9H2,(H,25,26)(H,27,28). The van der Waals surface area contributed by atoms with Gasteiger partial charge in [0.25, 0.3) is 0 Å². The third kappa shape index (κ3) is 4.51. The van der Waals surface area contributed by atoms with E-state index in [1.54, 1.807) is 18.2 Å². The molecule has 0 radical (unpaired) electrons. The number of benzene rings is 2. The smallest absolute Gasteiger partial charge is 0.337 e. The Balaban J connectivity index is 1.88. The highest BCUT2D eigenvalue weighted by Gasteiger charge is 2.31. The van der Waals surface area contributed by atoms with E-state index >= 15 is 0 Å². The van der Waals surface area contributed by atoms with Gasteiger partial charge in [0.2, 0.25) is 9.84 Å². The largest absolute Gasteiger partial charge is 0.478 e. The summed E-state index contributed by atoms with van der Waals surface area (Å²) in [5.41, 5.74) is 0.163. The molecule has 1 aliphatic rings. The Morgan fingerprint density at radius 1 is 1.22 bits per heavy atom. The van der Waals surface area contributed by atoms with Crippen molar-refractivity contribution >= 4 is 73.0 Å². The zero-order valence-electron chi connectivity index (χ0n) is 16.2. The maximum Gasteiger partial charge on any atom is 0.337 e. The average Bonchev–Trinajstić information content (AvgIpc) is 2.76. The minimum absolute atomic E-state index is 0.0958. The van der Waals surface area contributed by atoms with Crippen LogP contribution < -0.4 is 10.6 Å². The summed E-state index contributed by atoms with van der Waals surface area (Å²) in [6, 6.07) is 7.91.